The summed E-state index contributed by atoms with van der Waals surface area (Å²) < 4.78 is 41.6. The molecule has 1 unspecified atom stereocenters. The number of hydrogen-bond donors (Lipinski definition) is 1. The first-order valence-electron chi connectivity index (χ1n) is 17.3. The Morgan fingerprint density at radius 1 is 1.15 bits per heavy atom. The number of amides is 2. The number of carbonyl (C=O) groups excluding carboxylic acids is 1. The first kappa shape index (κ1) is 34.8. The molecule has 3 saturated carbocycles. The van der Waals surface area contributed by atoms with Gasteiger partial charge in [-0.3, -0.25) is 14.6 Å². The SMILES string of the molecule is CC1(C)[C@@H]2C[C@H]3OB([C@H](Cc4ccccc4)N(C(=O)O)C4(C)CCCN(C(=O)/C(C#N)=C/C(C)(C)N5CCC(F)(F)C5)C4)O[C@@]3(C)[C@H]1C2. The highest BCUT2D eigenvalue weighted by atomic mass is 19.3. The molecule has 0 radical (unpaired) electrons. The molecule has 2 amide bonds. The van der Waals surface area contributed by atoms with E-state index in [4.69, 9.17) is 9.31 Å². The van der Waals surface area contributed by atoms with Crippen LogP contribution < -0.4 is 0 Å². The van der Waals surface area contributed by atoms with Gasteiger partial charge < -0.3 is 19.3 Å². The van der Waals surface area contributed by atoms with E-state index in [1.54, 1.807) is 18.7 Å². The number of nitrogens with zero attached hydrogens (tertiary/aromatic N) is 4. The van der Waals surface area contributed by atoms with Crippen LogP contribution in [0.5, 0.6) is 0 Å². The lowest BCUT2D eigenvalue weighted by atomic mass is 9.43. The molecule has 260 valence electrons. The molecule has 7 rings (SSSR count). The zero-order valence-corrected chi connectivity index (χ0v) is 29.0. The van der Waals surface area contributed by atoms with Gasteiger partial charge in [-0.15, -0.1) is 0 Å². The Bertz CT molecular complexity index is 1500. The van der Waals surface area contributed by atoms with Crippen molar-refractivity contribution < 1.29 is 32.8 Å². The minimum Gasteiger partial charge on any atom is -0.465 e. The average Bonchev–Trinajstić information content (AvgIpc) is 3.58. The zero-order valence-electron chi connectivity index (χ0n) is 29.0. The third-order valence-corrected chi connectivity index (χ3v) is 12.5. The Labute approximate surface area is 283 Å². The molecular weight excluding hydrogens is 617 g/mol. The number of likely N-dealkylation sites (tertiary alicyclic amines) is 2. The second kappa shape index (κ2) is 12.1. The van der Waals surface area contributed by atoms with Gasteiger partial charge in [0.1, 0.15) is 11.6 Å². The van der Waals surface area contributed by atoms with Crippen molar-refractivity contribution in [3.05, 3.63) is 47.5 Å². The van der Waals surface area contributed by atoms with Crippen molar-refractivity contribution >= 4 is 19.1 Å². The molecule has 0 aromatic heterocycles. The lowest BCUT2D eigenvalue weighted by Gasteiger charge is -2.64. The number of carboxylic acid groups (broad SMARTS) is 1. The maximum atomic E-state index is 14.0. The van der Waals surface area contributed by atoms with Crippen molar-refractivity contribution in [3.8, 4) is 6.07 Å². The summed E-state index contributed by atoms with van der Waals surface area (Å²) in [5.41, 5.74) is -1.57. The second-order valence-electron chi connectivity index (χ2n) is 16.4. The molecule has 12 heteroatoms. The topological polar surface area (TPSA) is 106 Å². The van der Waals surface area contributed by atoms with Gasteiger partial charge in [-0.25, -0.2) is 13.6 Å². The largest absolute Gasteiger partial charge is 0.482 e. The maximum absolute atomic E-state index is 14.0. The molecule has 3 heterocycles. The standard InChI is InChI=1S/C36H49BF2N4O5/c1-32(2,42-16-14-36(38,39)23-42)20-25(21-40)30(44)41-15-10-13-34(5,22-41)43(31(45)46)29(17-24-11-8-7-9-12-24)37-47-28-19-26-18-27(33(26,3)4)35(28,6)48-37/h7-9,11-12,20,26-29H,10,13-19,22-23H2,1-6H3,(H,45,46)/b25-20+/t26-,27-,28+,29-,34?,35-/m0/s1. The predicted octanol–water partition coefficient (Wildman–Crippen LogP) is 5.80. The van der Waals surface area contributed by atoms with Crippen molar-refractivity contribution in [2.24, 2.45) is 17.3 Å². The maximum Gasteiger partial charge on any atom is 0.482 e. The monoisotopic (exact) mass is 666 g/mol. The predicted molar refractivity (Wildman–Crippen MR) is 177 cm³/mol. The number of piperidine rings is 1. The van der Waals surface area contributed by atoms with Gasteiger partial charge in [-0.05, 0) is 88.7 Å². The quantitative estimate of drug-likeness (QED) is 0.213. The van der Waals surface area contributed by atoms with Crippen LogP contribution in [0.15, 0.2) is 42.0 Å². The van der Waals surface area contributed by atoms with Crippen LogP contribution in [0, 0.1) is 28.6 Å². The number of carbonyl (C=O) groups is 2. The lowest BCUT2D eigenvalue weighted by Crippen LogP contribution is -2.66. The summed E-state index contributed by atoms with van der Waals surface area (Å²) in [7, 11) is -0.802. The van der Waals surface area contributed by atoms with Crippen molar-refractivity contribution in [1.82, 2.24) is 14.7 Å². The van der Waals surface area contributed by atoms with Gasteiger partial charge in [0.05, 0.1) is 29.7 Å². The normalized spacial score (nSPS) is 33.4. The molecule has 0 spiro atoms. The van der Waals surface area contributed by atoms with Crippen LogP contribution in [-0.4, -0.2) is 99.8 Å². The number of halogens is 2. The summed E-state index contributed by atoms with van der Waals surface area (Å²) in [6.07, 6.45) is 3.27. The van der Waals surface area contributed by atoms with Crippen molar-refractivity contribution in [3.63, 3.8) is 0 Å². The van der Waals surface area contributed by atoms with E-state index in [0.717, 1.165) is 18.4 Å². The molecule has 48 heavy (non-hydrogen) atoms. The van der Waals surface area contributed by atoms with E-state index in [1.165, 1.54) is 15.9 Å². The highest BCUT2D eigenvalue weighted by Gasteiger charge is 2.69. The van der Waals surface area contributed by atoms with Crippen LogP contribution in [0.25, 0.3) is 0 Å². The molecule has 3 saturated heterocycles. The number of hydrogen-bond acceptors (Lipinski definition) is 6. The number of alkyl halides is 2. The van der Waals surface area contributed by atoms with E-state index in [-0.39, 0.29) is 36.6 Å². The lowest BCUT2D eigenvalue weighted by molar-refractivity contribution is -0.199. The highest BCUT2D eigenvalue weighted by molar-refractivity contribution is 6.48. The first-order valence-corrected chi connectivity index (χ1v) is 17.3. The zero-order chi connectivity index (χ0) is 34.9. The Morgan fingerprint density at radius 3 is 2.46 bits per heavy atom. The van der Waals surface area contributed by atoms with Gasteiger partial charge in [0.2, 0.25) is 0 Å². The fourth-order valence-electron chi connectivity index (χ4n) is 9.58. The fourth-order valence-corrected chi connectivity index (χ4v) is 9.58. The minimum absolute atomic E-state index is 0.0653. The minimum atomic E-state index is -2.81. The summed E-state index contributed by atoms with van der Waals surface area (Å²) in [6.45, 7) is 12.1. The Kier molecular flexibility index (Phi) is 8.78. The molecule has 6 atom stereocenters. The van der Waals surface area contributed by atoms with Gasteiger partial charge in [0.25, 0.3) is 11.8 Å². The third kappa shape index (κ3) is 6.05. The van der Waals surface area contributed by atoms with Crippen LogP contribution in [0.3, 0.4) is 0 Å². The van der Waals surface area contributed by atoms with Crippen molar-refractivity contribution in [2.75, 3.05) is 26.2 Å². The van der Waals surface area contributed by atoms with Crippen LogP contribution in [0.4, 0.5) is 13.6 Å². The second-order valence-corrected chi connectivity index (χ2v) is 16.4. The average molecular weight is 667 g/mol. The number of benzene rings is 1. The third-order valence-electron chi connectivity index (χ3n) is 12.5. The number of rotatable bonds is 8. The first-order chi connectivity index (χ1) is 22.4. The summed E-state index contributed by atoms with van der Waals surface area (Å²) in [6, 6.07) is 11.7. The van der Waals surface area contributed by atoms with Crippen molar-refractivity contribution in [1.29, 1.82) is 5.26 Å². The fraction of sp³-hybridized carbons (Fsp3) is 0.694. The van der Waals surface area contributed by atoms with E-state index in [9.17, 15) is 28.7 Å². The molecular formula is C36H49BF2N4O5. The molecule has 6 aliphatic rings. The molecule has 9 nitrogen and oxygen atoms in total. The van der Waals surface area contributed by atoms with E-state index >= 15 is 0 Å². The Hall–Kier alpha value is -3.01. The van der Waals surface area contributed by atoms with Crippen LogP contribution in [0.1, 0.15) is 79.2 Å². The Balaban J connectivity index is 1.28. The molecule has 3 aliphatic heterocycles. The van der Waals surface area contributed by atoms with Gasteiger partial charge >= 0.3 is 13.2 Å². The van der Waals surface area contributed by atoms with Gasteiger partial charge in [-0.2, -0.15) is 5.26 Å². The van der Waals surface area contributed by atoms with Gasteiger partial charge in [-0.1, -0.05) is 44.2 Å². The van der Waals surface area contributed by atoms with E-state index in [1.807, 2.05) is 43.3 Å². The van der Waals surface area contributed by atoms with E-state index in [2.05, 4.69) is 20.8 Å². The van der Waals surface area contributed by atoms with Gasteiger partial charge in [0, 0.05) is 31.6 Å². The summed E-state index contributed by atoms with van der Waals surface area (Å²) in [5, 5.41) is 21.0. The van der Waals surface area contributed by atoms with Crippen LogP contribution in [0.2, 0.25) is 0 Å². The molecule has 6 fully saturated rings. The van der Waals surface area contributed by atoms with Crippen LogP contribution >= 0.6 is 0 Å². The molecule has 2 bridgehead atoms. The van der Waals surface area contributed by atoms with E-state index in [0.29, 0.717) is 37.6 Å². The van der Waals surface area contributed by atoms with Crippen molar-refractivity contribution in [2.45, 2.75) is 115 Å². The number of nitriles is 1. The molecule has 1 N–H and O–H groups in total. The molecule has 1 aromatic carbocycles. The van der Waals surface area contributed by atoms with Crippen LogP contribution in [-0.2, 0) is 20.5 Å². The summed E-state index contributed by atoms with van der Waals surface area (Å²) in [4.78, 5) is 31.9. The molecule has 1 aromatic rings. The highest BCUT2D eigenvalue weighted by Crippen LogP contribution is 2.66. The smallest absolute Gasteiger partial charge is 0.465 e. The van der Waals surface area contributed by atoms with E-state index < -0.39 is 54.2 Å². The Morgan fingerprint density at radius 2 is 1.85 bits per heavy atom. The van der Waals surface area contributed by atoms with Gasteiger partial charge in [0.15, 0.2) is 0 Å². The summed E-state index contributed by atoms with van der Waals surface area (Å²) >= 11 is 0. The summed E-state index contributed by atoms with van der Waals surface area (Å²) in [5.74, 6) is -3.20. The molecule has 3 aliphatic carbocycles.